The van der Waals surface area contributed by atoms with E-state index in [1.807, 2.05) is 6.08 Å². The molecule has 15 heavy (non-hydrogen) atoms. The number of hydrogen-bond acceptors (Lipinski definition) is 2. The number of hydrogen-bond donors (Lipinski definition) is 1. The van der Waals surface area contributed by atoms with Crippen molar-refractivity contribution in [2.24, 2.45) is 11.8 Å². The van der Waals surface area contributed by atoms with Crippen LogP contribution in [0.1, 0.15) is 46.0 Å². The second-order valence-electron chi connectivity index (χ2n) is 5.01. The van der Waals surface area contributed by atoms with E-state index in [9.17, 15) is 4.79 Å². The third-order valence-corrected chi connectivity index (χ3v) is 3.76. The van der Waals surface area contributed by atoms with Crippen LogP contribution in [0.3, 0.4) is 0 Å². The van der Waals surface area contributed by atoms with Gasteiger partial charge < -0.3 is 5.32 Å². The van der Waals surface area contributed by atoms with E-state index in [2.05, 4.69) is 19.2 Å². The van der Waals surface area contributed by atoms with Gasteiger partial charge in [0.05, 0.1) is 0 Å². The highest BCUT2D eigenvalue weighted by molar-refractivity contribution is 5.94. The van der Waals surface area contributed by atoms with Crippen molar-refractivity contribution in [3.05, 3.63) is 11.8 Å². The zero-order valence-corrected chi connectivity index (χ0v) is 9.75. The van der Waals surface area contributed by atoms with Crippen LogP contribution in [0.4, 0.5) is 0 Å². The van der Waals surface area contributed by atoms with Crippen LogP contribution in [-0.4, -0.2) is 11.8 Å². The Balaban J connectivity index is 2.14. The van der Waals surface area contributed by atoms with Crippen molar-refractivity contribution in [2.45, 2.75) is 52.0 Å². The smallest absolute Gasteiger partial charge is 0.162 e. The molecule has 0 aromatic carbocycles. The summed E-state index contributed by atoms with van der Waals surface area (Å²) >= 11 is 0. The Morgan fingerprint density at radius 2 is 2.27 bits per heavy atom. The van der Waals surface area contributed by atoms with Gasteiger partial charge in [-0.1, -0.05) is 26.7 Å². The number of ketones is 1. The highest BCUT2D eigenvalue weighted by Crippen LogP contribution is 2.34. The average Bonchev–Trinajstić information content (AvgIpc) is 2.17. The fraction of sp³-hybridized carbons (Fsp3) is 0.769. The van der Waals surface area contributed by atoms with E-state index in [0.717, 1.165) is 18.5 Å². The van der Waals surface area contributed by atoms with Crippen molar-refractivity contribution < 1.29 is 4.79 Å². The maximum Gasteiger partial charge on any atom is 0.162 e. The highest BCUT2D eigenvalue weighted by atomic mass is 16.1. The molecule has 1 aliphatic carbocycles. The van der Waals surface area contributed by atoms with E-state index in [4.69, 9.17) is 0 Å². The van der Waals surface area contributed by atoms with Crippen molar-refractivity contribution in [2.75, 3.05) is 0 Å². The van der Waals surface area contributed by atoms with Crippen molar-refractivity contribution in [1.82, 2.24) is 5.32 Å². The first kappa shape index (κ1) is 10.7. The van der Waals surface area contributed by atoms with Crippen molar-refractivity contribution in [1.29, 1.82) is 0 Å². The predicted molar refractivity (Wildman–Crippen MR) is 61.4 cm³/mol. The van der Waals surface area contributed by atoms with Crippen LogP contribution in [0.2, 0.25) is 0 Å². The molecule has 1 fully saturated rings. The van der Waals surface area contributed by atoms with Crippen LogP contribution in [0.15, 0.2) is 11.8 Å². The van der Waals surface area contributed by atoms with E-state index in [1.54, 1.807) is 0 Å². The van der Waals surface area contributed by atoms with Gasteiger partial charge in [0.1, 0.15) is 0 Å². The summed E-state index contributed by atoms with van der Waals surface area (Å²) in [6, 6.07) is 0.424. The number of fused-ring (bicyclic) bond motifs is 1. The molecule has 2 heteroatoms. The molecule has 1 N–H and O–H groups in total. The Morgan fingerprint density at radius 3 is 3.00 bits per heavy atom. The van der Waals surface area contributed by atoms with Gasteiger partial charge in [0.25, 0.3) is 0 Å². The first-order valence-electron chi connectivity index (χ1n) is 6.23. The molecule has 0 radical (unpaired) electrons. The zero-order chi connectivity index (χ0) is 10.8. The number of carbonyl (C=O) groups excluding carboxylic acids is 1. The summed E-state index contributed by atoms with van der Waals surface area (Å²) < 4.78 is 0. The molecule has 1 saturated carbocycles. The second kappa shape index (κ2) is 4.38. The summed E-state index contributed by atoms with van der Waals surface area (Å²) in [5, 5.41) is 3.56. The van der Waals surface area contributed by atoms with Crippen LogP contribution >= 0.6 is 0 Å². The van der Waals surface area contributed by atoms with Crippen LogP contribution < -0.4 is 5.32 Å². The predicted octanol–water partition coefficient (Wildman–Crippen LogP) is 2.65. The second-order valence-corrected chi connectivity index (χ2v) is 5.01. The first-order valence-corrected chi connectivity index (χ1v) is 6.23. The normalized spacial score (nSPS) is 35.5. The molecule has 0 unspecified atom stereocenters. The van der Waals surface area contributed by atoms with Crippen molar-refractivity contribution in [3.63, 3.8) is 0 Å². The maximum absolute atomic E-state index is 12.0. The summed E-state index contributed by atoms with van der Waals surface area (Å²) in [6.45, 7) is 4.37. The van der Waals surface area contributed by atoms with E-state index in [-0.39, 0.29) is 5.92 Å². The molecule has 0 saturated heterocycles. The third-order valence-electron chi connectivity index (χ3n) is 3.76. The Morgan fingerprint density at radius 1 is 1.47 bits per heavy atom. The van der Waals surface area contributed by atoms with Crippen molar-refractivity contribution in [3.8, 4) is 0 Å². The summed E-state index contributed by atoms with van der Waals surface area (Å²) in [6.07, 6.45) is 7.63. The van der Waals surface area contributed by atoms with E-state index < -0.39 is 0 Å². The quantitative estimate of drug-likeness (QED) is 0.754. The molecule has 0 bridgehead atoms. The molecule has 1 heterocycles. The molecule has 0 spiro atoms. The van der Waals surface area contributed by atoms with E-state index >= 15 is 0 Å². The Kier molecular flexibility index (Phi) is 3.13. The molecule has 2 nitrogen and oxygen atoms in total. The number of carbonyl (C=O) groups is 1. The lowest BCUT2D eigenvalue weighted by Crippen LogP contribution is -2.48. The van der Waals surface area contributed by atoms with Crippen LogP contribution in [0, 0.1) is 11.8 Å². The summed E-state index contributed by atoms with van der Waals surface area (Å²) in [5.74, 6) is 1.18. The lowest BCUT2D eigenvalue weighted by atomic mass is 9.73. The lowest BCUT2D eigenvalue weighted by molar-refractivity contribution is -0.122. The van der Waals surface area contributed by atoms with Gasteiger partial charge in [0.15, 0.2) is 5.78 Å². The molecule has 2 aliphatic rings. The lowest BCUT2D eigenvalue weighted by Gasteiger charge is -2.39. The molecule has 0 amide bonds. The van der Waals surface area contributed by atoms with Crippen LogP contribution in [0.5, 0.6) is 0 Å². The Hall–Kier alpha value is -0.790. The molecular formula is C13H21NO. The minimum absolute atomic E-state index is 0.249. The highest BCUT2D eigenvalue weighted by Gasteiger charge is 2.37. The zero-order valence-electron chi connectivity index (χ0n) is 9.75. The van der Waals surface area contributed by atoms with Gasteiger partial charge in [0.2, 0.25) is 0 Å². The van der Waals surface area contributed by atoms with Crippen LogP contribution in [0.25, 0.3) is 0 Å². The number of allylic oxidation sites excluding steroid dienone is 2. The van der Waals surface area contributed by atoms with Gasteiger partial charge in [0, 0.05) is 23.7 Å². The van der Waals surface area contributed by atoms with Gasteiger partial charge in [-0.15, -0.1) is 0 Å². The standard InChI is InChI=1S/C13H21NO/c1-3-5-10-8-12(15)13-9(2)6-4-7-11(13)14-10/h8-9,11,13-14H,3-7H2,1-2H3/t9-,11-,13+/m1/s1. The van der Waals surface area contributed by atoms with Gasteiger partial charge >= 0.3 is 0 Å². The molecular weight excluding hydrogens is 186 g/mol. The largest absolute Gasteiger partial charge is 0.385 e. The topological polar surface area (TPSA) is 29.1 Å². The summed E-state index contributed by atoms with van der Waals surface area (Å²) in [4.78, 5) is 12.0. The fourth-order valence-corrected chi connectivity index (χ4v) is 3.02. The van der Waals surface area contributed by atoms with Gasteiger partial charge in [-0.3, -0.25) is 4.79 Å². The molecule has 3 atom stereocenters. The van der Waals surface area contributed by atoms with E-state index in [0.29, 0.717) is 17.7 Å². The third kappa shape index (κ3) is 2.09. The molecule has 0 aromatic heterocycles. The van der Waals surface area contributed by atoms with E-state index in [1.165, 1.54) is 19.3 Å². The molecule has 1 aliphatic heterocycles. The molecule has 0 aromatic rings. The molecule has 84 valence electrons. The van der Waals surface area contributed by atoms with Crippen LogP contribution in [-0.2, 0) is 4.79 Å². The average molecular weight is 207 g/mol. The molecule has 2 rings (SSSR count). The number of nitrogens with one attached hydrogen (secondary N) is 1. The minimum atomic E-state index is 0.249. The minimum Gasteiger partial charge on any atom is -0.385 e. The first-order chi connectivity index (χ1) is 7.22. The van der Waals surface area contributed by atoms with Gasteiger partial charge in [-0.05, 0) is 25.2 Å². The number of rotatable bonds is 2. The fourth-order valence-electron chi connectivity index (χ4n) is 3.02. The van der Waals surface area contributed by atoms with Gasteiger partial charge in [-0.2, -0.15) is 0 Å². The maximum atomic E-state index is 12.0. The van der Waals surface area contributed by atoms with Crippen molar-refractivity contribution >= 4 is 5.78 Å². The monoisotopic (exact) mass is 207 g/mol. The Labute approximate surface area is 92.1 Å². The summed E-state index contributed by atoms with van der Waals surface area (Å²) in [5.41, 5.74) is 1.16. The SMILES string of the molecule is CCCC1=CC(=O)[C@H]2[C@H](C)CCC[C@H]2N1. The Bertz CT molecular complexity index is 282. The summed E-state index contributed by atoms with van der Waals surface area (Å²) in [7, 11) is 0. The van der Waals surface area contributed by atoms with Gasteiger partial charge in [-0.25, -0.2) is 0 Å².